The molecule has 84 valence electrons. The molecule has 0 atom stereocenters. The first kappa shape index (κ1) is 12.6. The van der Waals surface area contributed by atoms with Crippen LogP contribution in [0.15, 0.2) is 4.90 Å². The van der Waals surface area contributed by atoms with E-state index < -0.39 is 15.0 Å². The van der Waals surface area contributed by atoms with E-state index in [0.29, 0.717) is 16.8 Å². The van der Waals surface area contributed by atoms with E-state index in [-0.39, 0.29) is 10.0 Å². The maximum atomic E-state index is 11.0. The van der Waals surface area contributed by atoms with Gasteiger partial charge in [-0.1, -0.05) is 23.2 Å². The summed E-state index contributed by atoms with van der Waals surface area (Å²) in [5.41, 5.74) is 6.73. The van der Waals surface area contributed by atoms with Crippen molar-refractivity contribution in [3.05, 3.63) is 21.2 Å². The maximum Gasteiger partial charge on any atom is 0.297 e. The van der Waals surface area contributed by atoms with Crippen molar-refractivity contribution >= 4 is 39.0 Å². The molecule has 0 aliphatic heterocycles. The van der Waals surface area contributed by atoms with Crippen molar-refractivity contribution in [2.24, 2.45) is 0 Å². The normalized spacial score (nSPS) is 11.8. The van der Waals surface area contributed by atoms with Crippen molar-refractivity contribution in [2.75, 3.05) is 5.73 Å². The predicted octanol–water partition coefficient (Wildman–Crippen LogP) is 2.44. The van der Waals surface area contributed by atoms with Crippen molar-refractivity contribution in [3.63, 3.8) is 0 Å². The second-order valence-corrected chi connectivity index (χ2v) is 5.21. The first-order valence-corrected chi connectivity index (χ1v) is 6.08. The van der Waals surface area contributed by atoms with Crippen LogP contribution in [0, 0.1) is 13.8 Å². The van der Waals surface area contributed by atoms with Crippen molar-refractivity contribution in [1.82, 2.24) is 0 Å². The first-order chi connectivity index (χ1) is 6.68. The zero-order chi connectivity index (χ0) is 12.0. The molecule has 3 N–H and O–H groups in total. The first-order valence-electron chi connectivity index (χ1n) is 3.89. The minimum atomic E-state index is -4.45. The standard InChI is InChI=1S/C8H9Cl2NO3S/c1-3-5(9)8(15(12,13)14)6(10)4(2)7(3)11/h11H2,1-2H3,(H,12,13,14). The number of anilines is 1. The van der Waals surface area contributed by atoms with Gasteiger partial charge in [0.25, 0.3) is 10.1 Å². The Labute approximate surface area is 97.7 Å². The van der Waals surface area contributed by atoms with Gasteiger partial charge in [-0.2, -0.15) is 8.42 Å². The molecule has 4 nitrogen and oxygen atoms in total. The number of hydrogen-bond donors (Lipinski definition) is 2. The van der Waals surface area contributed by atoms with Crippen molar-refractivity contribution in [3.8, 4) is 0 Å². The van der Waals surface area contributed by atoms with Crippen LogP contribution in [0.1, 0.15) is 11.1 Å². The fraction of sp³-hybridized carbons (Fsp3) is 0.250. The van der Waals surface area contributed by atoms with Gasteiger partial charge in [-0.05, 0) is 25.0 Å². The summed E-state index contributed by atoms with van der Waals surface area (Å²) in [4.78, 5) is -0.491. The molecule has 15 heavy (non-hydrogen) atoms. The van der Waals surface area contributed by atoms with E-state index in [0.717, 1.165) is 0 Å². The van der Waals surface area contributed by atoms with Crippen LogP contribution in [-0.4, -0.2) is 13.0 Å². The van der Waals surface area contributed by atoms with E-state index >= 15 is 0 Å². The molecule has 0 unspecified atom stereocenters. The molecule has 0 spiro atoms. The van der Waals surface area contributed by atoms with Gasteiger partial charge in [-0.25, -0.2) is 0 Å². The third-order valence-corrected chi connectivity index (χ3v) is 4.22. The molecular formula is C8H9Cl2NO3S. The number of benzene rings is 1. The molecule has 0 aliphatic carbocycles. The summed E-state index contributed by atoms with van der Waals surface area (Å²) in [7, 11) is -4.45. The fourth-order valence-corrected chi connectivity index (χ4v) is 2.97. The summed E-state index contributed by atoms with van der Waals surface area (Å²) in [6.07, 6.45) is 0. The number of hydrogen-bond acceptors (Lipinski definition) is 3. The second kappa shape index (κ2) is 3.83. The fourth-order valence-electron chi connectivity index (χ4n) is 1.18. The Bertz CT molecular complexity index is 496. The molecule has 1 aromatic rings. The molecule has 0 fully saturated rings. The van der Waals surface area contributed by atoms with Crippen molar-refractivity contribution in [1.29, 1.82) is 0 Å². The minimum absolute atomic E-state index is 0.148. The van der Waals surface area contributed by atoms with E-state index in [1.54, 1.807) is 13.8 Å². The lowest BCUT2D eigenvalue weighted by atomic mass is 10.1. The molecule has 0 radical (unpaired) electrons. The van der Waals surface area contributed by atoms with Gasteiger partial charge in [0, 0.05) is 5.69 Å². The maximum absolute atomic E-state index is 11.0. The van der Waals surface area contributed by atoms with Crippen molar-refractivity contribution < 1.29 is 13.0 Å². The van der Waals surface area contributed by atoms with Crippen LogP contribution in [0.2, 0.25) is 10.0 Å². The lowest BCUT2D eigenvalue weighted by Gasteiger charge is -2.13. The van der Waals surface area contributed by atoms with E-state index in [4.69, 9.17) is 33.5 Å². The van der Waals surface area contributed by atoms with Gasteiger partial charge < -0.3 is 5.73 Å². The molecule has 0 heterocycles. The third-order valence-electron chi connectivity index (χ3n) is 2.12. The summed E-state index contributed by atoms with van der Waals surface area (Å²) in [6.45, 7) is 3.10. The lowest BCUT2D eigenvalue weighted by molar-refractivity contribution is 0.483. The predicted molar refractivity (Wildman–Crippen MR) is 60.2 cm³/mol. The lowest BCUT2D eigenvalue weighted by Crippen LogP contribution is -2.05. The summed E-state index contributed by atoms with van der Waals surface area (Å²) in [5.74, 6) is 0. The average Bonchev–Trinajstić information content (AvgIpc) is 2.09. The monoisotopic (exact) mass is 269 g/mol. The van der Waals surface area contributed by atoms with E-state index in [1.165, 1.54) is 0 Å². The summed E-state index contributed by atoms with van der Waals surface area (Å²) >= 11 is 11.5. The van der Waals surface area contributed by atoms with Crippen LogP contribution in [0.4, 0.5) is 5.69 Å². The molecule has 0 saturated carbocycles. The summed E-state index contributed by atoms with van der Waals surface area (Å²) in [5, 5.41) is -0.295. The van der Waals surface area contributed by atoms with Crippen LogP contribution in [0.25, 0.3) is 0 Å². The Hall–Kier alpha value is -0.490. The molecule has 0 amide bonds. The molecular weight excluding hydrogens is 261 g/mol. The number of halogens is 2. The molecule has 0 saturated heterocycles. The van der Waals surface area contributed by atoms with Crippen LogP contribution >= 0.6 is 23.2 Å². The van der Waals surface area contributed by atoms with E-state index in [1.807, 2.05) is 0 Å². The Morgan fingerprint density at radius 3 is 1.73 bits per heavy atom. The smallest absolute Gasteiger partial charge is 0.297 e. The largest absolute Gasteiger partial charge is 0.398 e. The van der Waals surface area contributed by atoms with Crippen LogP contribution in [-0.2, 0) is 10.1 Å². The highest BCUT2D eigenvalue weighted by atomic mass is 35.5. The second-order valence-electron chi connectivity index (χ2n) is 3.10. The Morgan fingerprint density at radius 1 is 1.13 bits per heavy atom. The highest BCUT2D eigenvalue weighted by Crippen LogP contribution is 2.38. The number of nitrogens with two attached hydrogens (primary N) is 1. The van der Waals surface area contributed by atoms with Gasteiger partial charge in [-0.3, -0.25) is 4.55 Å². The zero-order valence-corrected chi connectivity index (χ0v) is 10.3. The van der Waals surface area contributed by atoms with E-state index in [2.05, 4.69) is 0 Å². The Balaban J connectivity index is 3.84. The highest BCUT2D eigenvalue weighted by Gasteiger charge is 2.24. The number of rotatable bonds is 1. The average molecular weight is 270 g/mol. The highest BCUT2D eigenvalue weighted by molar-refractivity contribution is 7.86. The third kappa shape index (κ3) is 2.06. The summed E-state index contributed by atoms with van der Waals surface area (Å²) < 4.78 is 31.0. The van der Waals surface area contributed by atoms with Gasteiger partial charge in [0.2, 0.25) is 0 Å². The quantitative estimate of drug-likeness (QED) is 0.606. The van der Waals surface area contributed by atoms with Crippen molar-refractivity contribution in [2.45, 2.75) is 18.7 Å². The van der Waals surface area contributed by atoms with Gasteiger partial charge in [-0.15, -0.1) is 0 Å². The molecule has 7 heteroatoms. The van der Waals surface area contributed by atoms with Crippen LogP contribution < -0.4 is 5.73 Å². The number of nitrogen functional groups attached to an aromatic ring is 1. The van der Waals surface area contributed by atoms with Crippen LogP contribution in [0.5, 0.6) is 0 Å². The van der Waals surface area contributed by atoms with E-state index in [9.17, 15) is 8.42 Å². The molecule has 0 aliphatic rings. The SMILES string of the molecule is Cc1c(N)c(C)c(Cl)c(S(=O)(=O)O)c1Cl. The summed E-state index contributed by atoms with van der Waals surface area (Å²) in [6, 6.07) is 0. The topological polar surface area (TPSA) is 80.4 Å². The van der Waals surface area contributed by atoms with Crippen LogP contribution in [0.3, 0.4) is 0 Å². The Kier molecular flexibility index (Phi) is 3.21. The Morgan fingerprint density at radius 2 is 1.47 bits per heavy atom. The minimum Gasteiger partial charge on any atom is -0.398 e. The molecule has 0 bridgehead atoms. The van der Waals surface area contributed by atoms with Gasteiger partial charge in [0.15, 0.2) is 0 Å². The molecule has 1 aromatic carbocycles. The van der Waals surface area contributed by atoms with Gasteiger partial charge in [0.1, 0.15) is 4.90 Å². The molecule has 0 aromatic heterocycles. The zero-order valence-electron chi connectivity index (χ0n) is 8.01. The van der Waals surface area contributed by atoms with Gasteiger partial charge in [0.05, 0.1) is 10.0 Å². The van der Waals surface area contributed by atoms with Gasteiger partial charge >= 0.3 is 0 Å². The molecule has 1 rings (SSSR count).